The van der Waals surface area contributed by atoms with E-state index < -0.39 is 17.6 Å². The number of carboxylic acids is 1. The zero-order valence-corrected chi connectivity index (χ0v) is 19.7. The summed E-state index contributed by atoms with van der Waals surface area (Å²) in [6.07, 6.45) is 6.41. The Bertz CT molecular complexity index is 1090. The first kappa shape index (κ1) is 23.9. The normalized spacial score (nSPS) is 22.3. The maximum Gasteiger partial charge on any atom is 0.309 e. The van der Waals surface area contributed by atoms with Crippen molar-refractivity contribution in [2.45, 2.75) is 63.1 Å². The molecule has 1 saturated heterocycles. The Balaban J connectivity index is 1.20. The number of aliphatic imine (C=N–C) groups is 1. The van der Waals surface area contributed by atoms with Gasteiger partial charge < -0.3 is 5.11 Å². The van der Waals surface area contributed by atoms with E-state index in [2.05, 4.69) is 10.4 Å². The topological polar surface area (TPSA) is 74.2 Å². The summed E-state index contributed by atoms with van der Waals surface area (Å²) in [5, 5.41) is 9.01. The van der Waals surface area contributed by atoms with E-state index in [1.807, 2.05) is 24.3 Å². The molecule has 186 valence electrons. The lowest BCUT2D eigenvalue weighted by molar-refractivity contribution is -0.147. The Kier molecular flexibility index (Phi) is 6.84. The molecule has 2 aromatic carbocycles. The quantitative estimate of drug-likeness (QED) is 0.566. The van der Waals surface area contributed by atoms with Gasteiger partial charge in [0, 0.05) is 25.2 Å². The molecular weight excluding hydrogens is 452 g/mol. The van der Waals surface area contributed by atoms with E-state index in [4.69, 9.17) is 14.9 Å². The summed E-state index contributed by atoms with van der Waals surface area (Å²) in [5.41, 5.74) is 5.70. The van der Waals surface area contributed by atoms with Crippen LogP contribution in [0.15, 0.2) is 47.5 Å². The van der Waals surface area contributed by atoms with Crippen molar-refractivity contribution in [3.05, 3.63) is 70.8 Å². The first-order chi connectivity index (χ1) is 16.9. The van der Waals surface area contributed by atoms with Gasteiger partial charge in [-0.05, 0) is 54.4 Å². The van der Waals surface area contributed by atoms with E-state index in [1.54, 1.807) is 6.07 Å². The predicted octanol–water partition coefficient (Wildman–Crippen LogP) is 4.77. The molecule has 1 unspecified atom stereocenters. The smallest absolute Gasteiger partial charge is 0.309 e. The van der Waals surface area contributed by atoms with Crippen molar-refractivity contribution in [2.24, 2.45) is 10.9 Å². The van der Waals surface area contributed by atoms with Crippen LogP contribution in [0.4, 0.5) is 8.78 Å². The molecule has 2 aromatic rings. The molecule has 1 aliphatic carbocycles. The summed E-state index contributed by atoms with van der Waals surface area (Å²) in [6.45, 7) is 1.91. The van der Waals surface area contributed by atoms with Gasteiger partial charge in [-0.25, -0.2) is 24.1 Å². The average Bonchev–Trinajstić information content (AvgIpc) is 3.31. The van der Waals surface area contributed by atoms with Crippen LogP contribution in [0.2, 0.25) is 0 Å². The van der Waals surface area contributed by atoms with Crippen molar-refractivity contribution in [3.63, 3.8) is 0 Å². The summed E-state index contributed by atoms with van der Waals surface area (Å²) >= 11 is 0. The molecule has 0 aromatic heterocycles. The fourth-order valence-electron chi connectivity index (χ4n) is 5.60. The number of likely N-dealkylation sites (tertiary alicyclic amines) is 1. The fraction of sp³-hybridized carbons (Fsp3) is 0.481. The van der Waals surface area contributed by atoms with Crippen molar-refractivity contribution < 1.29 is 23.5 Å². The number of hydroxylamine groups is 1. The van der Waals surface area contributed by atoms with Gasteiger partial charge in [0.2, 0.25) is 0 Å². The van der Waals surface area contributed by atoms with Crippen LogP contribution in [0.5, 0.6) is 0 Å². The van der Waals surface area contributed by atoms with Crippen LogP contribution in [-0.2, 0) is 21.6 Å². The molecule has 6 nitrogen and oxygen atoms in total. The number of hydrogen-bond donors (Lipinski definition) is 2. The van der Waals surface area contributed by atoms with Gasteiger partial charge >= 0.3 is 5.97 Å². The molecule has 3 aliphatic rings. The molecule has 2 N–H and O–H groups in total. The number of nitrogens with zero attached hydrogens (tertiary/aromatic N) is 2. The van der Waals surface area contributed by atoms with Crippen LogP contribution in [0.1, 0.15) is 61.6 Å². The number of benzene rings is 2. The molecule has 35 heavy (non-hydrogen) atoms. The third-order valence-corrected chi connectivity index (χ3v) is 7.72. The summed E-state index contributed by atoms with van der Waals surface area (Å²) in [4.78, 5) is 23.5. The maximum atomic E-state index is 14.0. The van der Waals surface area contributed by atoms with Crippen LogP contribution in [-0.4, -0.2) is 41.1 Å². The molecule has 2 heterocycles. The van der Waals surface area contributed by atoms with E-state index in [-0.39, 0.29) is 17.6 Å². The van der Waals surface area contributed by atoms with Gasteiger partial charge in [0.05, 0.1) is 5.92 Å². The highest BCUT2D eigenvalue weighted by Crippen LogP contribution is 2.44. The maximum absolute atomic E-state index is 14.0. The Morgan fingerprint density at radius 3 is 2.51 bits per heavy atom. The lowest BCUT2D eigenvalue weighted by Gasteiger charge is -2.38. The first-order valence-electron chi connectivity index (χ1n) is 12.4. The standard InChI is InChI=1S/C27H31F2N3O3/c28-22-9-8-21(14-23(22)29)27(11-2-1-3-12-27)13-10-24-30-25(31-35-24)19-6-4-18(5-7-19)15-32-16-20(17-32)26(33)34/h4-9,14,20,24H,1-3,10-13,15-17H2,(H,30,31)(H,33,34). The number of carbonyl (C=O) groups is 1. The number of amidine groups is 1. The van der Waals surface area contributed by atoms with Crippen LogP contribution in [0.25, 0.3) is 0 Å². The Morgan fingerprint density at radius 2 is 1.83 bits per heavy atom. The van der Waals surface area contributed by atoms with Crippen LogP contribution in [0, 0.1) is 17.6 Å². The largest absolute Gasteiger partial charge is 0.481 e. The molecule has 1 saturated carbocycles. The summed E-state index contributed by atoms with van der Waals surface area (Å²) in [6, 6.07) is 12.4. The SMILES string of the molecule is O=C(O)C1CN(Cc2ccc(C3=NC(CCC4(c5ccc(F)c(F)c5)CCCCC4)ON3)cc2)C1. The zero-order valence-electron chi connectivity index (χ0n) is 19.7. The van der Waals surface area contributed by atoms with Crippen molar-refractivity contribution in [1.29, 1.82) is 0 Å². The minimum Gasteiger partial charge on any atom is -0.481 e. The third-order valence-electron chi connectivity index (χ3n) is 7.72. The van der Waals surface area contributed by atoms with Crippen molar-refractivity contribution in [2.75, 3.05) is 13.1 Å². The highest BCUT2D eigenvalue weighted by atomic mass is 19.2. The minimum atomic E-state index is -0.808. The molecule has 0 bridgehead atoms. The molecular formula is C27H31F2N3O3. The summed E-state index contributed by atoms with van der Waals surface area (Å²) in [7, 11) is 0. The third kappa shape index (κ3) is 5.23. The summed E-state index contributed by atoms with van der Waals surface area (Å²) in [5.74, 6) is -1.89. The second-order valence-corrected chi connectivity index (χ2v) is 10.1. The lowest BCUT2D eigenvalue weighted by Crippen LogP contribution is -2.49. The monoisotopic (exact) mass is 483 g/mol. The van der Waals surface area contributed by atoms with E-state index in [9.17, 15) is 13.6 Å². The van der Waals surface area contributed by atoms with Crippen LogP contribution >= 0.6 is 0 Å². The van der Waals surface area contributed by atoms with Gasteiger partial charge in [-0.15, -0.1) is 0 Å². The second-order valence-electron chi connectivity index (χ2n) is 10.1. The number of aliphatic carboxylic acids is 1. The van der Waals surface area contributed by atoms with Crippen molar-refractivity contribution in [3.8, 4) is 0 Å². The van der Waals surface area contributed by atoms with E-state index in [0.717, 1.165) is 55.3 Å². The Hall–Kier alpha value is -2.84. The summed E-state index contributed by atoms with van der Waals surface area (Å²) < 4.78 is 27.5. The molecule has 2 aliphatic heterocycles. The first-order valence-corrected chi connectivity index (χ1v) is 12.4. The molecule has 0 radical (unpaired) electrons. The molecule has 8 heteroatoms. The van der Waals surface area contributed by atoms with E-state index >= 15 is 0 Å². The minimum absolute atomic E-state index is 0.174. The second kappa shape index (κ2) is 10.0. The Morgan fingerprint density at radius 1 is 1.09 bits per heavy atom. The number of halogens is 2. The molecule has 1 atom stereocenters. The van der Waals surface area contributed by atoms with Crippen LogP contribution in [0.3, 0.4) is 0 Å². The van der Waals surface area contributed by atoms with E-state index in [0.29, 0.717) is 25.3 Å². The average molecular weight is 484 g/mol. The Labute approximate surface area is 204 Å². The van der Waals surface area contributed by atoms with Crippen molar-refractivity contribution >= 4 is 11.8 Å². The van der Waals surface area contributed by atoms with Gasteiger partial charge in [0.15, 0.2) is 23.7 Å². The van der Waals surface area contributed by atoms with Gasteiger partial charge in [-0.1, -0.05) is 49.6 Å². The number of rotatable bonds is 8. The van der Waals surface area contributed by atoms with Gasteiger partial charge in [0.25, 0.3) is 0 Å². The number of nitrogens with one attached hydrogen (secondary N) is 1. The van der Waals surface area contributed by atoms with Gasteiger partial charge in [-0.2, -0.15) is 0 Å². The number of carboxylic acid groups (broad SMARTS) is 1. The van der Waals surface area contributed by atoms with Crippen molar-refractivity contribution in [1.82, 2.24) is 10.4 Å². The highest BCUT2D eigenvalue weighted by Gasteiger charge is 2.36. The molecule has 0 spiro atoms. The highest BCUT2D eigenvalue weighted by molar-refractivity contribution is 5.98. The molecule has 5 rings (SSSR count). The molecule has 2 fully saturated rings. The van der Waals surface area contributed by atoms with Crippen LogP contribution < -0.4 is 5.48 Å². The fourth-order valence-corrected chi connectivity index (χ4v) is 5.60. The predicted molar refractivity (Wildman–Crippen MR) is 128 cm³/mol. The number of hydrogen-bond acceptors (Lipinski definition) is 5. The lowest BCUT2D eigenvalue weighted by atomic mass is 9.67. The van der Waals surface area contributed by atoms with E-state index in [1.165, 1.54) is 18.6 Å². The molecule has 0 amide bonds. The van der Waals surface area contributed by atoms with Gasteiger partial charge in [0.1, 0.15) is 0 Å². The zero-order chi connectivity index (χ0) is 24.4. The van der Waals surface area contributed by atoms with Gasteiger partial charge in [-0.3, -0.25) is 9.69 Å².